The van der Waals surface area contributed by atoms with E-state index in [1.54, 1.807) is 0 Å². The highest BCUT2D eigenvalue weighted by Gasteiger charge is 2.13. The Kier molecular flexibility index (Phi) is 2.97. The van der Waals surface area contributed by atoms with Gasteiger partial charge in [0.15, 0.2) is 16.8 Å². The second-order valence-electron chi connectivity index (χ2n) is 2.69. The monoisotopic (exact) mass is 244 g/mol. The van der Waals surface area contributed by atoms with Crippen molar-refractivity contribution < 1.29 is 8.78 Å². The Morgan fingerprint density at radius 3 is 2.80 bits per heavy atom. The Balaban J connectivity index is 2.49. The second-order valence-corrected chi connectivity index (χ2v) is 4.21. The zero-order chi connectivity index (χ0) is 10.8. The van der Waals surface area contributed by atoms with Gasteiger partial charge in [-0.25, -0.2) is 13.8 Å². The van der Waals surface area contributed by atoms with Crippen molar-refractivity contribution in [3.05, 3.63) is 29.8 Å². The van der Waals surface area contributed by atoms with Crippen LogP contribution in [0.1, 0.15) is 0 Å². The van der Waals surface area contributed by atoms with Crippen LogP contribution in [-0.2, 0) is 0 Å². The molecule has 15 heavy (non-hydrogen) atoms. The lowest BCUT2D eigenvalue weighted by atomic mass is 10.2. The van der Waals surface area contributed by atoms with Gasteiger partial charge in [-0.3, -0.25) is 0 Å². The smallest absolute Gasteiger partial charge is 0.200 e. The Morgan fingerprint density at radius 2 is 2.13 bits per heavy atom. The fraction of sp³-hybridized carbons (Fsp3) is 0.111. The van der Waals surface area contributed by atoms with Gasteiger partial charge in [-0.15, -0.1) is 0 Å². The van der Waals surface area contributed by atoms with Gasteiger partial charge in [0.05, 0.1) is 5.56 Å². The predicted octanol–water partition coefficient (Wildman–Crippen LogP) is 3.21. The zero-order valence-electron chi connectivity index (χ0n) is 7.70. The van der Waals surface area contributed by atoms with E-state index >= 15 is 0 Å². The normalized spacial score (nSPS) is 10.6. The third-order valence-electron chi connectivity index (χ3n) is 1.77. The average molecular weight is 244 g/mol. The number of nitrogens with zero attached hydrogens (tertiary/aromatic N) is 2. The Morgan fingerprint density at radius 1 is 1.33 bits per heavy atom. The molecule has 6 heteroatoms. The Bertz CT molecular complexity index is 485. The van der Waals surface area contributed by atoms with E-state index in [1.807, 2.05) is 6.26 Å². The molecule has 0 spiro atoms. The van der Waals surface area contributed by atoms with Gasteiger partial charge in [0.2, 0.25) is 0 Å². The molecule has 0 amide bonds. The molecular weight excluding hydrogens is 238 g/mol. The van der Waals surface area contributed by atoms with Gasteiger partial charge in [-0.1, -0.05) is 17.8 Å². The number of halogens is 2. The van der Waals surface area contributed by atoms with Crippen LogP contribution in [-0.4, -0.2) is 15.6 Å². The molecule has 0 aliphatic heterocycles. The summed E-state index contributed by atoms with van der Waals surface area (Å²) < 4.78 is 30.3. The average Bonchev–Trinajstić information content (AvgIpc) is 2.70. The molecule has 0 unspecified atom stereocenters. The van der Waals surface area contributed by atoms with Crippen LogP contribution in [0.5, 0.6) is 0 Å². The topological polar surface area (TPSA) is 25.8 Å². The van der Waals surface area contributed by atoms with Crippen LogP contribution in [0.4, 0.5) is 8.78 Å². The van der Waals surface area contributed by atoms with E-state index in [9.17, 15) is 8.78 Å². The molecule has 1 heterocycles. The molecule has 1 aromatic heterocycles. The highest BCUT2D eigenvalue weighted by atomic mass is 32.2. The lowest BCUT2D eigenvalue weighted by Crippen LogP contribution is -1.88. The summed E-state index contributed by atoms with van der Waals surface area (Å²) >= 11 is 2.43. The van der Waals surface area contributed by atoms with E-state index in [4.69, 9.17) is 0 Å². The van der Waals surface area contributed by atoms with Gasteiger partial charge >= 0.3 is 0 Å². The molecule has 0 radical (unpaired) electrons. The number of benzene rings is 1. The van der Waals surface area contributed by atoms with Gasteiger partial charge < -0.3 is 0 Å². The molecule has 0 atom stereocenters. The molecule has 0 aliphatic rings. The minimum atomic E-state index is -0.874. The van der Waals surface area contributed by atoms with Gasteiger partial charge in [0.25, 0.3) is 0 Å². The molecule has 1 aromatic carbocycles. The summed E-state index contributed by atoms with van der Waals surface area (Å²) in [5.41, 5.74) is 0.160. The van der Waals surface area contributed by atoms with Crippen LogP contribution in [0, 0.1) is 11.6 Å². The number of rotatable bonds is 2. The highest BCUT2D eigenvalue weighted by Crippen LogP contribution is 2.27. The van der Waals surface area contributed by atoms with Gasteiger partial charge in [-0.05, 0) is 29.9 Å². The number of thioether (sulfide) groups is 1. The van der Waals surface area contributed by atoms with Crippen LogP contribution in [0.25, 0.3) is 10.6 Å². The van der Waals surface area contributed by atoms with E-state index in [2.05, 4.69) is 9.36 Å². The van der Waals surface area contributed by atoms with Crippen molar-refractivity contribution in [3.63, 3.8) is 0 Å². The van der Waals surface area contributed by atoms with E-state index in [0.717, 1.165) is 17.6 Å². The van der Waals surface area contributed by atoms with Crippen molar-refractivity contribution in [2.24, 2.45) is 0 Å². The molecule has 2 nitrogen and oxygen atoms in total. The SMILES string of the molecule is CSc1nsc(-c2cccc(F)c2F)n1. The molecular formula is C9H6F2N2S2. The van der Waals surface area contributed by atoms with Crippen LogP contribution in [0.2, 0.25) is 0 Å². The molecule has 0 fully saturated rings. The van der Waals surface area contributed by atoms with Gasteiger partial charge in [0, 0.05) is 0 Å². The first-order valence-electron chi connectivity index (χ1n) is 4.04. The summed E-state index contributed by atoms with van der Waals surface area (Å²) in [5.74, 6) is -1.74. The molecule has 0 bridgehead atoms. The largest absolute Gasteiger partial charge is 0.209 e. The zero-order valence-corrected chi connectivity index (χ0v) is 9.33. The first-order chi connectivity index (χ1) is 7.22. The highest BCUT2D eigenvalue weighted by molar-refractivity contribution is 7.98. The third kappa shape index (κ3) is 2.00. The van der Waals surface area contributed by atoms with Crippen LogP contribution in [0.15, 0.2) is 23.4 Å². The first-order valence-corrected chi connectivity index (χ1v) is 6.04. The molecule has 0 saturated heterocycles. The minimum absolute atomic E-state index is 0.160. The fourth-order valence-electron chi connectivity index (χ4n) is 1.07. The van der Waals surface area contributed by atoms with E-state index in [1.165, 1.54) is 23.9 Å². The van der Waals surface area contributed by atoms with Crippen molar-refractivity contribution in [1.29, 1.82) is 0 Å². The summed E-state index contributed by atoms with van der Waals surface area (Å²) in [6.07, 6.45) is 1.83. The molecule has 0 N–H and O–H groups in total. The van der Waals surface area contributed by atoms with Crippen molar-refractivity contribution in [3.8, 4) is 10.6 Å². The van der Waals surface area contributed by atoms with Crippen LogP contribution in [0.3, 0.4) is 0 Å². The number of hydrogen-bond acceptors (Lipinski definition) is 4. The quantitative estimate of drug-likeness (QED) is 0.759. The van der Waals surface area contributed by atoms with Crippen molar-refractivity contribution in [1.82, 2.24) is 9.36 Å². The van der Waals surface area contributed by atoms with E-state index in [-0.39, 0.29) is 5.56 Å². The summed E-state index contributed by atoms with van der Waals surface area (Å²) in [4.78, 5) is 4.06. The minimum Gasteiger partial charge on any atom is -0.209 e. The first kappa shape index (κ1) is 10.5. The Labute approximate surface area is 93.5 Å². The van der Waals surface area contributed by atoms with E-state index < -0.39 is 11.6 Å². The maximum absolute atomic E-state index is 13.4. The maximum Gasteiger partial charge on any atom is 0.200 e. The van der Waals surface area contributed by atoms with E-state index in [0.29, 0.717) is 10.2 Å². The number of aromatic nitrogens is 2. The van der Waals surface area contributed by atoms with Crippen molar-refractivity contribution in [2.45, 2.75) is 5.16 Å². The van der Waals surface area contributed by atoms with Gasteiger partial charge in [-0.2, -0.15) is 4.37 Å². The summed E-state index contributed by atoms with van der Waals surface area (Å²) in [6.45, 7) is 0. The third-order valence-corrected chi connectivity index (χ3v) is 3.18. The van der Waals surface area contributed by atoms with Crippen LogP contribution >= 0.6 is 23.3 Å². The summed E-state index contributed by atoms with van der Waals surface area (Å²) in [6, 6.07) is 4.02. The van der Waals surface area contributed by atoms with Crippen molar-refractivity contribution >= 4 is 23.3 Å². The summed E-state index contributed by atoms with van der Waals surface area (Å²) in [5, 5.41) is 0.968. The molecule has 2 rings (SSSR count). The second kappa shape index (κ2) is 4.24. The molecule has 0 aliphatic carbocycles. The lowest BCUT2D eigenvalue weighted by Gasteiger charge is -1.97. The van der Waals surface area contributed by atoms with Crippen LogP contribution < -0.4 is 0 Å². The molecule has 0 saturated carbocycles. The van der Waals surface area contributed by atoms with Crippen molar-refractivity contribution in [2.75, 3.05) is 6.26 Å². The predicted molar refractivity (Wildman–Crippen MR) is 57.0 cm³/mol. The number of hydrogen-bond donors (Lipinski definition) is 0. The lowest BCUT2D eigenvalue weighted by molar-refractivity contribution is 0.511. The fourth-order valence-corrected chi connectivity index (χ4v) is 2.31. The summed E-state index contributed by atoms with van der Waals surface area (Å²) in [7, 11) is 0. The van der Waals surface area contributed by atoms with Gasteiger partial charge in [0.1, 0.15) is 5.01 Å². The molecule has 2 aromatic rings. The molecule has 78 valence electrons. The maximum atomic E-state index is 13.4. The Hall–Kier alpha value is -1.01. The standard InChI is InChI=1S/C9H6F2N2S2/c1-14-9-12-8(15-13-9)5-3-2-4-6(10)7(5)11/h2-4H,1H3.